The molecule has 0 bridgehead atoms. The van der Waals surface area contributed by atoms with Crippen LogP contribution in [0.5, 0.6) is 0 Å². The maximum atomic E-state index is 4.76. The molecule has 0 spiro atoms. The van der Waals surface area contributed by atoms with Crippen molar-refractivity contribution < 1.29 is 0 Å². The SMILES string of the molecule is Cc1cc(-c2ncc(C)[nH]2)nc(CC2CCN(c3ccnc(C)n3)CC2)n1. The number of H-pyrrole nitrogens is 1. The highest BCUT2D eigenvalue weighted by atomic mass is 15.2. The van der Waals surface area contributed by atoms with Crippen molar-refractivity contribution in [1.29, 1.82) is 0 Å². The van der Waals surface area contributed by atoms with Crippen molar-refractivity contribution in [2.75, 3.05) is 18.0 Å². The van der Waals surface area contributed by atoms with Gasteiger partial charge >= 0.3 is 0 Å². The number of aromatic amines is 1. The third kappa shape index (κ3) is 4.13. The number of aromatic nitrogens is 6. The summed E-state index contributed by atoms with van der Waals surface area (Å²) in [6.45, 7) is 7.97. The largest absolute Gasteiger partial charge is 0.356 e. The molecule has 1 N–H and O–H groups in total. The minimum atomic E-state index is 0.595. The lowest BCUT2D eigenvalue weighted by Gasteiger charge is -2.32. The molecule has 0 amide bonds. The number of hydrogen-bond acceptors (Lipinski definition) is 6. The third-order valence-corrected chi connectivity index (χ3v) is 5.02. The van der Waals surface area contributed by atoms with E-state index in [1.807, 2.05) is 45.3 Å². The molecule has 1 aliphatic heterocycles. The van der Waals surface area contributed by atoms with E-state index in [0.717, 1.165) is 72.7 Å². The maximum Gasteiger partial charge on any atom is 0.156 e. The van der Waals surface area contributed by atoms with Gasteiger partial charge in [-0.05, 0) is 51.7 Å². The molecule has 1 saturated heterocycles. The molecule has 4 rings (SSSR count). The van der Waals surface area contributed by atoms with E-state index in [4.69, 9.17) is 4.98 Å². The molecule has 4 heterocycles. The molecular formula is C20H25N7. The molecule has 1 fully saturated rings. The number of nitrogens with one attached hydrogen (secondary N) is 1. The van der Waals surface area contributed by atoms with Gasteiger partial charge in [0.25, 0.3) is 0 Å². The minimum Gasteiger partial charge on any atom is -0.356 e. The molecule has 3 aromatic rings. The molecule has 0 saturated carbocycles. The number of nitrogens with zero attached hydrogens (tertiary/aromatic N) is 6. The van der Waals surface area contributed by atoms with Gasteiger partial charge in [0, 0.05) is 43.3 Å². The number of piperidine rings is 1. The van der Waals surface area contributed by atoms with Gasteiger partial charge in [0.1, 0.15) is 23.2 Å². The first-order chi connectivity index (χ1) is 13.1. The first-order valence-electron chi connectivity index (χ1n) is 9.48. The predicted octanol–water partition coefficient (Wildman–Crippen LogP) is 3.04. The smallest absolute Gasteiger partial charge is 0.156 e. The van der Waals surface area contributed by atoms with Crippen LogP contribution in [-0.4, -0.2) is 43.0 Å². The van der Waals surface area contributed by atoms with Crippen LogP contribution >= 0.6 is 0 Å². The fraction of sp³-hybridized carbons (Fsp3) is 0.450. The maximum absolute atomic E-state index is 4.76. The summed E-state index contributed by atoms with van der Waals surface area (Å²) in [5.74, 6) is 4.17. The van der Waals surface area contributed by atoms with Crippen LogP contribution in [0.15, 0.2) is 24.5 Å². The molecule has 0 aliphatic carbocycles. The van der Waals surface area contributed by atoms with Crippen LogP contribution in [0.25, 0.3) is 11.5 Å². The number of imidazole rings is 1. The van der Waals surface area contributed by atoms with Crippen LogP contribution in [-0.2, 0) is 6.42 Å². The number of aryl methyl sites for hydroxylation is 3. The lowest BCUT2D eigenvalue weighted by Crippen LogP contribution is -2.35. The van der Waals surface area contributed by atoms with E-state index in [2.05, 4.69) is 29.8 Å². The van der Waals surface area contributed by atoms with Gasteiger partial charge in [-0.1, -0.05) is 0 Å². The molecule has 7 nitrogen and oxygen atoms in total. The lowest BCUT2D eigenvalue weighted by atomic mass is 9.93. The summed E-state index contributed by atoms with van der Waals surface area (Å²) >= 11 is 0. The summed E-state index contributed by atoms with van der Waals surface area (Å²) in [4.78, 5) is 28.2. The second-order valence-electron chi connectivity index (χ2n) is 7.32. The monoisotopic (exact) mass is 363 g/mol. The van der Waals surface area contributed by atoms with Crippen molar-refractivity contribution in [2.45, 2.75) is 40.0 Å². The van der Waals surface area contributed by atoms with Crippen LogP contribution in [0.4, 0.5) is 5.82 Å². The average molecular weight is 363 g/mol. The highest BCUT2D eigenvalue weighted by Gasteiger charge is 2.22. The van der Waals surface area contributed by atoms with Crippen LogP contribution in [0.3, 0.4) is 0 Å². The first-order valence-corrected chi connectivity index (χ1v) is 9.48. The standard InChI is InChI=1S/C20H25N7/c1-13-10-17(20-22-12-14(2)24-20)26-18(23-13)11-16-5-8-27(9-6-16)19-4-7-21-15(3)25-19/h4,7,10,12,16H,5-6,8-9,11H2,1-3H3,(H,22,24). The molecule has 7 heteroatoms. The number of rotatable bonds is 4. The second-order valence-corrected chi connectivity index (χ2v) is 7.32. The summed E-state index contributed by atoms with van der Waals surface area (Å²) in [5.41, 5.74) is 2.90. The zero-order valence-corrected chi connectivity index (χ0v) is 16.1. The van der Waals surface area contributed by atoms with Crippen molar-refractivity contribution in [3.63, 3.8) is 0 Å². The molecule has 27 heavy (non-hydrogen) atoms. The van der Waals surface area contributed by atoms with E-state index < -0.39 is 0 Å². The van der Waals surface area contributed by atoms with Gasteiger partial charge in [0.2, 0.25) is 0 Å². The van der Waals surface area contributed by atoms with Crippen LogP contribution in [0.1, 0.15) is 35.9 Å². The number of hydrogen-bond donors (Lipinski definition) is 1. The van der Waals surface area contributed by atoms with Crippen molar-refractivity contribution in [1.82, 2.24) is 29.9 Å². The summed E-state index contributed by atoms with van der Waals surface area (Å²) in [5, 5.41) is 0. The Morgan fingerprint density at radius 2 is 1.89 bits per heavy atom. The van der Waals surface area contributed by atoms with Crippen molar-refractivity contribution in [3.05, 3.63) is 47.6 Å². The Kier molecular flexibility index (Phi) is 4.83. The highest BCUT2D eigenvalue weighted by Crippen LogP contribution is 2.24. The van der Waals surface area contributed by atoms with E-state index in [1.165, 1.54) is 0 Å². The van der Waals surface area contributed by atoms with E-state index >= 15 is 0 Å². The molecule has 0 unspecified atom stereocenters. The van der Waals surface area contributed by atoms with Gasteiger partial charge in [-0.25, -0.2) is 24.9 Å². The van der Waals surface area contributed by atoms with E-state index in [-0.39, 0.29) is 0 Å². The van der Waals surface area contributed by atoms with Gasteiger partial charge in [-0.15, -0.1) is 0 Å². The highest BCUT2D eigenvalue weighted by molar-refractivity contribution is 5.49. The Bertz CT molecular complexity index is 926. The summed E-state index contributed by atoms with van der Waals surface area (Å²) in [6, 6.07) is 3.98. The van der Waals surface area contributed by atoms with Crippen LogP contribution in [0.2, 0.25) is 0 Å². The van der Waals surface area contributed by atoms with Crippen LogP contribution < -0.4 is 4.90 Å². The Balaban J connectivity index is 1.42. The molecule has 0 atom stereocenters. The summed E-state index contributed by atoms with van der Waals surface area (Å²) < 4.78 is 0. The summed E-state index contributed by atoms with van der Waals surface area (Å²) in [7, 11) is 0. The van der Waals surface area contributed by atoms with E-state index in [0.29, 0.717) is 5.92 Å². The Morgan fingerprint density at radius 1 is 1.07 bits per heavy atom. The van der Waals surface area contributed by atoms with Gasteiger partial charge < -0.3 is 9.88 Å². The van der Waals surface area contributed by atoms with E-state index in [9.17, 15) is 0 Å². The third-order valence-electron chi connectivity index (χ3n) is 5.02. The normalized spacial score (nSPS) is 15.3. The van der Waals surface area contributed by atoms with Gasteiger partial charge in [0.15, 0.2) is 5.82 Å². The van der Waals surface area contributed by atoms with E-state index in [1.54, 1.807) is 0 Å². The molecular weight excluding hydrogens is 338 g/mol. The molecule has 140 valence electrons. The fourth-order valence-electron chi connectivity index (χ4n) is 3.63. The topological polar surface area (TPSA) is 83.5 Å². The fourth-order valence-corrected chi connectivity index (χ4v) is 3.63. The van der Waals surface area contributed by atoms with Gasteiger partial charge in [-0.2, -0.15) is 0 Å². The van der Waals surface area contributed by atoms with Crippen molar-refractivity contribution >= 4 is 5.82 Å². The Labute approximate surface area is 159 Å². The second kappa shape index (κ2) is 7.42. The number of anilines is 1. The van der Waals surface area contributed by atoms with Crippen molar-refractivity contribution in [3.8, 4) is 11.5 Å². The minimum absolute atomic E-state index is 0.595. The van der Waals surface area contributed by atoms with Gasteiger partial charge in [-0.3, -0.25) is 0 Å². The molecule has 3 aromatic heterocycles. The van der Waals surface area contributed by atoms with Gasteiger partial charge in [0.05, 0.1) is 0 Å². The quantitative estimate of drug-likeness (QED) is 0.767. The van der Waals surface area contributed by atoms with Crippen molar-refractivity contribution in [2.24, 2.45) is 5.92 Å². The summed E-state index contributed by atoms with van der Waals surface area (Å²) in [6.07, 6.45) is 6.81. The predicted molar refractivity (Wildman–Crippen MR) is 104 cm³/mol. The molecule has 1 aliphatic rings. The lowest BCUT2D eigenvalue weighted by molar-refractivity contribution is 0.395. The Morgan fingerprint density at radius 3 is 2.59 bits per heavy atom. The molecule has 0 aromatic carbocycles. The zero-order chi connectivity index (χ0) is 18.8. The first kappa shape index (κ1) is 17.6. The average Bonchev–Trinajstić information content (AvgIpc) is 3.08. The Hall–Kier alpha value is -2.83. The zero-order valence-electron chi connectivity index (χ0n) is 16.1. The molecule has 0 radical (unpaired) electrons. The van der Waals surface area contributed by atoms with Crippen LogP contribution in [0, 0.1) is 26.7 Å².